The summed E-state index contributed by atoms with van der Waals surface area (Å²) in [5.41, 5.74) is 0. The van der Waals surface area contributed by atoms with E-state index in [1.54, 1.807) is 42.1 Å². The zero-order valence-corrected chi connectivity index (χ0v) is 18.4. The first-order valence-electron chi connectivity index (χ1n) is 9.14. The smallest absolute Gasteiger partial charge is 0.203 e. The Balaban J connectivity index is 1.86. The van der Waals surface area contributed by atoms with E-state index in [-0.39, 0.29) is 11.4 Å². The van der Waals surface area contributed by atoms with Gasteiger partial charge in [0.15, 0.2) is 0 Å². The van der Waals surface area contributed by atoms with E-state index >= 15 is 0 Å². The number of benzene rings is 1. The van der Waals surface area contributed by atoms with Crippen LogP contribution in [-0.2, 0) is 22.1 Å². The summed E-state index contributed by atoms with van der Waals surface area (Å²) < 4.78 is 30.8. The van der Waals surface area contributed by atoms with Gasteiger partial charge in [0.05, 0.1) is 29.1 Å². The minimum atomic E-state index is -3.56. The van der Waals surface area contributed by atoms with Gasteiger partial charge in [0.1, 0.15) is 17.3 Å². The van der Waals surface area contributed by atoms with Crippen molar-refractivity contribution in [3.8, 4) is 12.3 Å². The SMILES string of the molecule is C#CCNC(=CS(=O)(=O)c1ccccc1)NCCSCc1ccc(CN(C)C)o1. The number of hydrogen-bond acceptors (Lipinski definition) is 7. The molecule has 0 aliphatic rings. The summed E-state index contributed by atoms with van der Waals surface area (Å²) in [5.74, 6) is 6.26. The largest absolute Gasteiger partial charge is 0.464 e. The van der Waals surface area contributed by atoms with Gasteiger partial charge >= 0.3 is 0 Å². The Morgan fingerprint density at radius 3 is 2.59 bits per heavy atom. The molecule has 8 heteroatoms. The molecule has 0 saturated carbocycles. The monoisotopic (exact) mass is 433 g/mol. The minimum Gasteiger partial charge on any atom is -0.464 e. The molecule has 2 rings (SSSR count). The Bertz CT molecular complexity index is 930. The van der Waals surface area contributed by atoms with E-state index < -0.39 is 9.84 Å². The van der Waals surface area contributed by atoms with Crippen molar-refractivity contribution in [2.24, 2.45) is 0 Å². The van der Waals surface area contributed by atoms with E-state index in [1.807, 2.05) is 26.2 Å². The number of sulfone groups is 1. The number of nitrogens with zero attached hydrogens (tertiary/aromatic N) is 1. The molecule has 1 aromatic heterocycles. The van der Waals surface area contributed by atoms with Crippen molar-refractivity contribution in [2.45, 2.75) is 17.2 Å². The van der Waals surface area contributed by atoms with Crippen LogP contribution in [0.15, 0.2) is 63.0 Å². The van der Waals surface area contributed by atoms with E-state index in [1.165, 1.54) is 5.41 Å². The standard InChI is InChI=1S/C21H27N3O3S2/c1-4-12-22-21(17-29(25,26)20-8-6-5-7-9-20)23-13-14-28-16-19-11-10-18(27-19)15-24(2)3/h1,5-11,17,22-23H,12-16H2,2-3H3. The van der Waals surface area contributed by atoms with Crippen LogP contribution in [0, 0.1) is 12.3 Å². The van der Waals surface area contributed by atoms with Gasteiger partial charge in [-0.3, -0.25) is 0 Å². The fourth-order valence-electron chi connectivity index (χ4n) is 2.45. The van der Waals surface area contributed by atoms with E-state index in [2.05, 4.69) is 21.5 Å². The van der Waals surface area contributed by atoms with Crippen molar-refractivity contribution in [1.82, 2.24) is 15.5 Å². The highest BCUT2D eigenvalue weighted by molar-refractivity contribution is 7.98. The second-order valence-corrected chi connectivity index (χ2v) is 9.43. The fourth-order valence-corrected chi connectivity index (χ4v) is 4.35. The van der Waals surface area contributed by atoms with Gasteiger partial charge in [-0.25, -0.2) is 8.42 Å². The van der Waals surface area contributed by atoms with E-state index in [0.29, 0.717) is 12.4 Å². The van der Waals surface area contributed by atoms with Gasteiger partial charge in [0.2, 0.25) is 9.84 Å². The Morgan fingerprint density at radius 1 is 1.17 bits per heavy atom. The second-order valence-electron chi connectivity index (χ2n) is 6.53. The highest BCUT2D eigenvalue weighted by atomic mass is 32.2. The Morgan fingerprint density at radius 2 is 1.90 bits per heavy atom. The zero-order chi connectivity index (χ0) is 21.1. The summed E-state index contributed by atoms with van der Waals surface area (Å²) in [7, 11) is 0.436. The first kappa shape index (κ1) is 22.9. The molecule has 1 heterocycles. The van der Waals surface area contributed by atoms with E-state index in [9.17, 15) is 8.42 Å². The topological polar surface area (TPSA) is 74.6 Å². The first-order valence-corrected chi connectivity index (χ1v) is 11.8. The third-order valence-electron chi connectivity index (χ3n) is 3.72. The first-order chi connectivity index (χ1) is 13.9. The molecule has 0 bridgehead atoms. The van der Waals surface area contributed by atoms with Crippen molar-refractivity contribution in [3.63, 3.8) is 0 Å². The molecule has 6 nitrogen and oxygen atoms in total. The predicted molar refractivity (Wildman–Crippen MR) is 119 cm³/mol. The van der Waals surface area contributed by atoms with Gasteiger partial charge in [-0.05, 0) is 38.4 Å². The maximum absolute atomic E-state index is 12.5. The van der Waals surface area contributed by atoms with Crippen molar-refractivity contribution < 1.29 is 12.8 Å². The number of rotatable bonds is 12. The second kappa shape index (κ2) is 11.6. The molecular weight excluding hydrogens is 406 g/mol. The number of furan rings is 1. The summed E-state index contributed by atoms with van der Waals surface area (Å²) >= 11 is 1.70. The van der Waals surface area contributed by atoms with Gasteiger partial charge in [-0.1, -0.05) is 24.1 Å². The molecule has 0 amide bonds. The molecular formula is C21H27N3O3S2. The van der Waals surface area contributed by atoms with Gasteiger partial charge in [-0.15, -0.1) is 6.42 Å². The van der Waals surface area contributed by atoms with Gasteiger partial charge in [0, 0.05) is 12.3 Å². The summed E-state index contributed by atoms with van der Waals surface area (Å²) in [5, 5.41) is 7.23. The third kappa shape index (κ3) is 8.28. The molecule has 29 heavy (non-hydrogen) atoms. The zero-order valence-electron chi connectivity index (χ0n) is 16.7. The maximum Gasteiger partial charge on any atom is 0.203 e. The maximum atomic E-state index is 12.5. The summed E-state index contributed by atoms with van der Waals surface area (Å²) in [6.45, 7) is 1.60. The van der Waals surface area contributed by atoms with E-state index in [0.717, 1.165) is 29.6 Å². The molecule has 0 unspecified atom stereocenters. The van der Waals surface area contributed by atoms with Crippen molar-refractivity contribution >= 4 is 21.6 Å². The minimum absolute atomic E-state index is 0.233. The van der Waals surface area contributed by atoms with Gasteiger partial charge in [0.25, 0.3) is 0 Å². The molecule has 156 valence electrons. The third-order valence-corrected chi connectivity index (χ3v) is 6.18. The lowest BCUT2D eigenvalue weighted by Gasteiger charge is -2.12. The Hall–Kier alpha value is -2.34. The number of hydrogen-bond donors (Lipinski definition) is 2. The van der Waals surface area contributed by atoms with Crippen LogP contribution in [0.25, 0.3) is 0 Å². The van der Waals surface area contributed by atoms with Crippen LogP contribution in [-0.4, -0.2) is 46.3 Å². The highest BCUT2D eigenvalue weighted by Crippen LogP contribution is 2.16. The molecule has 1 aromatic carbocycles. The molecule has 2 N–H and O–H groups in total. The molecule has 0 atom stereocenters. The lowest BCUT2D eigenvalue weighted by Crippen LogP contribution is -2.29. The summed E-state index contributed by atoms with van der Waals surface area (Å²) in [6, 6.07) is 12.3. The number of thioether (sulfide) groups is 1. The molecule has 0 radical (unpaired) electrons. The van der Waals surface area contributed by atoms with Gasteiger partial charge < -0.3 is 20.0 Å². The van der Waals surface area contributed by atoms with Gasteiger partial charge in [-0.2, -0.15) is 11.8 Å². The molecule has 0 saturated heterocycles. The predicted octanol–water partition coefficient (Wildman–Crippen LogP) is 2.66. The molecule has 0 fully saturated rings. The molecule has 0 spiro atoms. The molecule has 2 aromatic rings. The van der Waals surface area contributed by atoms with Crippen molar-refractivity contribution in [2.75, 3.05) is 32.9 Å². The lowest BCUT2D eigenvalue weighted by atomic mass is 10.4. The van der Waals surface area contributed by atoms with Crippen LogP contribution in [0.2, 0.25) is 0 Å². The average Bonchev–Trinajstić information content (AvgIpc) is 3.12. The van der Waals surface area contributed by atoms with Crippen LogP contribution < -0.4 is 10.6 Å². The number of terminal acetylenes is 1. The van der Waals surface area contributed by atoms with Crippen LogP contribution in [0.5, 0.6) is 0 Å². The van der Waals surface area contributed by atoms with Crippen LogP contribution >= 0.6 is 11.8 Å². The lowest BCUT2D eigenvalue weighted by molar-refractivity contribution is 0.344. The Kier molecular flexibility index (Phi) is 9.19. The van der Waals surface area contributed by atoms with Crippen LogP contribution in [0.4, 0.5) is 0 Å². The Labute approximate surface area is 177 Å². The number of nitrogens with one attached hydrogen (secondary N) is 2. The summed E-state index contributed by atoms with van der Waals surface area (Å²) in [4.78, 5) is 2.29. The molecule has 0 aliphatic carbocycles. The fraction of sp³-hybridized carbons (Fsp3) is 0.333. The quantitative estimate of drug-likeness (QED) is 0.394. The van der Waals surface area contributed by atoms with Crippen molar-refractivity contribution in [1.29, 1.82) is 0 Å². The molecule has 0 aliphatic heterocycles. The normalized spacial score (nSPS) is 12.0. The van der Waals surface area contributed by atoms with Crippen molar-refractivity contribution in [3.05, 3.63) is 65.2 Å². The van der Waals surface area contributed by atoms with Crippen LogP contribution in [0.3, 0.4) is 0 Å². The summed E-state index contributed by atoms with van der Waals surface area (Å²) in [6.07, 6.45) is 5.29. The van der Waals surface area contributed by atoms with E-state index in [4.69, 9.17) is 10.8 Å². The van der Waals surface area contributed by atoms with Crippen LogP contribution in [0.1, 0.15) is 11.5 Å². The average molecular weight is 434 g/mol. The highest BCUT2D eigenvalue weighted by Gasteiger charge is 2.12.